The van der Waals surface area contributed by atoms with Gasteiger partial charge in [0.25, 0.3) is 0 Å². The largest absolute Gasteiger partial charge is 0.388 e. The van der Waals surface area contributed by atoms with Gasteiger partial charge in [-0.15, -0.1) is 0 Å². The Morgan fingerprint density at radius 2 is 2.47 bits per heavy atom. The molecule has 0 fully saturated rings. The summed E-state index contributed by atoms with van der Waals surface area (Å²) in [5.74, 6) is 0. The predicted octanol–water partition coefficient (Wildman–Crippen LogP) is 2.15. The van der Waals surface area contributed by atoms with E-state index in [2.05, 4.69) is 5.10 Å². The van der Waals surface area contributed by atoms with Crippen LogP contribution in [0.15, 0.2) is 29.2 Å². The molecule has 0 aromatic carbocycles. The van der Waals surface area contributed by atoms with Crippen molar-refractivity contribution < 1.29 is 5.11 Å². The maximum atomic E-state index is 9.86. The number of nitrogens with zero attached hydrogens (tertiary/aromatic N) is 2. The van der Waals surface area contributed by atoms with Crippen molar-refractivity contribution in [3.63, 3.8) is 0 Å². The standard InChI is InChI=1S/C11H14N2OS/c1-13-7-9(6-12-13)2-3-11(14)10-4-5-15-8-10/h4-8,11,14H,2-3H2,1H3. The third-order valence-electron chi connectivity index (χ3n) is 2.39. The summed E-state index contributed by atoms with van der Waals surface area (Å²) in [4.78, 5) is 0. The van der Waals surface area contributed by atoms with Crippen LogP contribution in [0.5, 0.6) is 0 Å². The van der Waals surface area contributed by atoms with E-state index in [1.807, 2.05) is 36.3 Å². The van der Waals surface area contributed by atoms with E-state index >= 15 is 0 Å². The Labute approximate surface area is 93.0 Å². The Morgan fingerprint density at radius 3 is 3.07 bits per heavy atom. The van der Waals surface area contributed by atoms with Crippen molar-refractivity contribution in [3.05, 3.63) is 40.3 Å². The first kappa shape index (κ1) is 10.4. The molecule has 0 spiro atoms. The van der Waals surface area contributed by atoms with Crippen molar-refractivity contribution in [3.8, 4) is 0 Å². The summed E-state index contributed by atoms with van der Waals surface area (Å²) in [5, 5.41) is 17.9. The highest BCUT2D eigenvalue weighted by molar-refractivity contribution is 7.07. The summed E-state index contributed by atoms with van der Waals surface area (Å²) >= 11 is 1.62. The smallest absolute Gasteiger partial charge is 0.0801 e. The van der Waals surface area contributed by atoms with E-state index < -0.39 is 0 Å². The molecule has 0 saturated heterocycles. The third-order valence-corrected chi connectivity index (χ3v) is 3.09. The lowest BCUT2D eigenvalue weighted by Gasteiger charge is -2.06. The lowest BCUT2D eigenvalue weighted by molar-refractivity contribution is 0.168. The van der Waals surface area contributed by atoms with Gasteiger partial charge in [0.2, 0.25) is 0 Å². The maximum Gasteiger partial charge on any atom is 0.0801 e. The Bertz CT molecular complexity index is 408. The molecular weight excluding hydrogens is 208 g/mol. The molecule has 80 valence electrons. The Kier molecular flexibility index (Phi) is 3.18. The number of aryl methyl sites for hydroxylation is 2. The number of thiophene rings is 1. The number of hydrogen-bond acceptors (Lipinski definition) is 3. The average Bonchev–Trinajstić information content (AvgIpc) is 2.84. The quantitative estimate of drug-likeness (QED) is 0.860. The van der Waals surface area contributed by atoms with Gasteiger partial charge in [0.05, 0.1) is 12.3 Å². The molecule has 2 aromatic heterocycles. The Hall–Kier alpha value is -1.13. The van der Waals surface area contributed by atoms with E-state index in [1.165, 1.54) is 5.56 Å². The zero-order valence-corrected chi connectivity index (χ0v) is 9.44. The summed E-state index contributed by atoms with van der Waals surface area (Å²) < 4.78 is 1.78. The molecule has 1 N–H and O–H groups in total. The second-order valence-corrected chi connectivity index (χ2v) is 4.41. The highest BCUT2D eigenvalue weighted by Gasteiger charge is 2.08. The second kappa shape index (κ2) is 4.59. The van der Waals surface area contributed by atoms with Crippen LogP contribution in [0.2, 0.25) is 0 Å². The minimum Gasteiger partial charge on any atom is -0.388 e. The van der Waals surface area contributed by atoms with E-state index in [1.54, 1.807) is 16.0 Å². The van der Waals surface area contributed by atoms with Gasteiger partial charge in [0.1, 0.15) is 0 Å². The van der Waals surface area contributed by atoms with Crippen molar-refractivity contribution in [1.82, 2.24) is 9.78 Å². The van der Waals surface area contributed by atoms with E-state index in [-0.39, 0.29) is 6.10 Å². The Morgan fingerprint density at radius 1 is 1.60 bits per heavy atom. The molecule has 0 bridgehead atoms. The van der Waals surface area contributed by atoms with Crippen LogP contribution in [0.3, 0.4) is 0 Å². The molecule has 2 rings (SSSR count). The monoisotopic (exact) mass is 222 g/mol. The zero-order chi connectivity index (χ0) is 10.7. The number of aliphatic hydroxyl groups excluding tert-OH is 1. The molecule has 2 aromatic rings. The second-order valence-electron chi connectivity index (χ2n) is 3.63. The fraction of sp³-hybridized carbons (Fsp3) is 0.364. The minimum atomic E-state index is -0.351. The lowest BCUT2D eigenvalue weighted by Crippen LogP contribution is -1.97. The summed E-state index contributed by atoms with van der Waals surface area (Å²) in [6.07, 6.45) is 5.10. The van der Waals surface area contributed by atoms with Crippen LogP contribution in [0.4, 0.5) is 0 Å². The highest BCUT2D eigenvalue weighted by Crippen LogP contribution is 2.20. The van der Waals surface area contributed by atoms with Crippen molar-refractivity contribution in [1.29, 1.82) is 0 Å². The number of aliphatic hydroxyl groups is 1. The van der Waals surface area contributed by atoms with Gasteiger partial charge in [-0.05, 0) is 40.8 Å². The van der Waals surface area contributed by atoms with Gasteiger partial charge in [0.15, 0.2) is 0 Å². The zero-order valence-electron chi connectivity index (χ0n) is 8.63. The third kappa shape index (κ3) is 2.67. The van der Waals surface area contributed by atoms with E-state index in [0.29, 0.717) is 0 Å². The van der Waals surface area contributed by atoms with Crippen LogP contribution in [0, 0.1) is 0 Å². The molecule has 1 unspecified atom stereocenters. The number of aromatic nitrogens is 2. The molecule has 4 heteroatoms. The average molecular weight is 222 g/mol. The van der Waals surface area contributed by atoms with Crippen LogP contribution in [0.25, 0.3) is 0 Å². The number of hydrogen-bond donors (Lipinski definition) is 1. The molecule has 0 aliphatic heterocycles. The van der Waals surface area contributed by atoms with Crippen LogP contribution >= 0.6 is 11.3 Å². The minimum absolute atomic E-state index is 0.351. The van der Waals surface area contributed by atoms with E-state index in [0.717, 1.165) is 18.4 Å². The first-order valence-electron chi connectivity index (χ1n) is 4.93. The molecule has 2 heterocycles. The predicted molar refractivity (Wildman–Crippen MR) is 60.8 cm³/mol. The summed E-state index contributed by atoms with van der Waals surface area (Å²) in [6, 6.07) is 1.97. The van der Waals surface area contributed by atoms with Crippen molar-refractivity contribution in [2.45, 2.75) is 18.9 Å². The van der Waals surface area contributed by atoms with Gasteiger partial charge in [0, 0.05) is 13.2 Å². The normalized spacial score (nSPS) is 12.9. The SMILES string of the molecule is Cn1cc(CCC(O)c2ccsc2)cn1. The van der Waals surface area contributed by atoms with Gasteiger partial charge >= 0.3 is 0 Å². The molecule has 1 atom stereocenters. The van der Waals surface area contributed by atoms with Crippen molar-refractivity contribution >= 4 is 11.3 Å². The summed E-state index contributed by atoms with van der Waals surface area (Å²) in [5.41, 5.74) is 2.19. The van der Waals surface area contributed by atoms with Gasteiger partial charge in [-0.1, -0.05) is 0 Å². The fourth-order valence-corrected chi connectivity index (χ4v) is 2.24. The van der Waals surface area contributed by atoms with E-state index in [4.69, 9.17) is 0 Å². The van der Waals surface area contributed by atoms with Gasteiger partial charge < -0.3 is 5.11 Å². The van der Waals surface area contributed by atoms with Gasteiger partial charge in [-0.25, -0.2) is 0 Å². The van der Waals surface area contributed by atoms with Crippen LogP contribution in [0.1, 0.15) is 23.7 Å². The molecular formula is C11H14N2OS. The Balaban J connectivity index is 1.88. The highest BCUT2D eigenvalue weighted by atomic mass is 32.1. The molecule has 0 amide bonds. The van der Waals surface area contributed by atoms with Crippen LogP contribution in [-0.2, 0) is 13.5 Å². The van der Waals surface area contributed by atoms with Gasteiger partial charge in [-0.2, -0.15) is 16.4 Å². The van der Waals surface area contributed by atoms with E-state index in [9.17, 15) is 5.11 Å². The molecule has 0 saturated carbocycles. The molecule has 0 aliphatic carbocycles. The molecule has 3 nitrogen and oxygen atoms in total. The lowest BCUT2D eigenvalue weighted by atomic mass is 10.1. The first-order valence-corrected chi connectivity index (χ1v) is 5.87. The summed E-state index contributed by atoms with van der Waals surface area (Å²) in [7, 11) is 1.90. The molecule has 0 radical (unpaired) electrons. The fourth-order valence-electron chi connectivity index (χ4n) is 1.54. The maximum absolute atomic E-state index is 9.86. The molecule has 15 heavy (non-hydrogen) atoms. The number of rotatable bonds is 4. The van der Waals surface area contributed by atoms with Crippen LogP contribution < -0.4 is 0 Å². The van der Waals surface area contributed by atoms with Gasteiger partial charge in [-0.3, -0.25) is 4.68 Å². The first-order chi connectivity index (χ1) is 7.25. The molecule has 0 aliphatic rings. The topological polar surface area (TPSA) is 38.0 Å². The summed E-state index contributed by atoms with van der Waals surface area (Å²) in [6.45, 7) is 0. The van der Waals surface area contributed by atoms with Crippen molar-refractivity contribution in [2.75, 3.05) is 0 Å². The van der Waals surface area contributed by atoms with Crippen LogP contribution in [-0.4, -0.2) is 14.9 Å². The van der Waals surface area contributed by atoms with Crippen molar-refractivity contribution in [2.24, 2.45) is 7.05 Å².